The van der Waals surface area contributed by atoms with Crippen LogP contribution < -0.4 is 23.8 Å². The molecular weight excluding hydrogens is 546 g/mol. The molecule has 2 saturated heterocycles. The van der Waals surface area contributed by atoms with Crippen molar-refractivity contribution >= 4 is 5.69 Å². The normalized spacial score (nSPS) is 19.1. The van der Waals surface area contributed by atoms with Gasteiger partial charge in [0.05, 0.1) is 33.5 Å². The van der Waals surface area contributed by atoms with Crippen LogP contribution in [0.3, 0.4) is 0 Å². The van der Waals surface area contributed by atoms with E-state index in [2.05, 4.69) is 65.9 Å². The van der Waals surface area contributed by atoms with Crippen LogP contribution in [0.1, 0.15) is 46.1 Å². The van der Waals surface area contributed by atoms with Crippen molar-refractivity contribution in [3.8, 4) is 34.1 Å². The predicted octanol–water partition coefficient (Wildman–Crippen LogP) is 6.14. The van der Waals surface area contributed by atoms with E-state index in [1.807, 2.05) is 31.5 Å². The molecule has 2 aliphatic heterocycles. The van der Waals surface area contributed by atoms with E-state index in [4.69, 9.17) is 28.4 Å². The SMILES string of the molecule is CCOc1ccc(N(Cc2cncc(-c3cc(OC)c(OC)c(OC)c3)c2)C2CCN(C3(OC(C)(C)C)CO3)CC2)cc1. The first kappa shape index (κ1) is 30.9. The number of nitrogens with zero attached hydrogens (tertiary/aromatic N) is 3. The Bertz CT molecular complexity index is 1340. The molecule has 2 aromatic carbocycles. The fourth-order valence-electron chi connectivity index (χ4n) is 5.87. The molecule has 1 atom stereocenters. The molecule has 3 heterocycles. The summed E-state index contributed by atoms with van der Waals surface area (Å²) in [6.07, 6.45) is 5.80. The van der Waals surface area contributed by atoms with E-state index in [0.717, 1.165) is 54.1 Å². The summed E-state index contributed by atoms with van der Waals surface area (Å²) in [5.41, 5.74) is 3.92. The van der Waals surface area contributed by atoms with Crippen LogP contribution in [-0.4, -0.2) is 75.1 Å². The molecule has 2 fully saturated rings. The van der Waals surface area contributed by atoms with Gasteiger partial charge in [-0.3, -0.25) is 9.88 Å². The Morgan fingerprint density at radius 1 is 0.930 bits per heavy atom. The van der Waals surface area contributed by atoms with Crippen LogP contribution in [0.15, 0.2) is 54.9 Å². The molecule has 232 valence electrons. The first-order valence-electron chi connectivity index (χ1n) is 15.0. The standard InChI is InChI=1S/C34H45N3O6/c1-8-41-29-11-9-27(10-12-29)37(28-13-15-36(16-14-28)34(23-42-34)43-33(2,3)4)22-24-17-26(21-35-20-24)25-18-30(38-5)32(40-7)31(19-25)39-6/h9-12,17-21,28H,8,13-16,22-23H2,1-7H3. The van der Waals surface area contributed by atoms with Crippen LogP contribution in [0.4, 0.5) is 5.69 Å². The van der Waals surface area contributed by atoms with Crippen molar-refractivity contribution < 1.29 is 28.4 Å². The van der Waals surface area contributed by atoms with Gasteiger partial charge in [-0.1, -0.05) is 0 Å². The third-order valence-corrected chi connectivity index (χ3v) is 7.87. The molecule has 1 unspecified atom stereocenters. The van der Waals surface area contributed by atoms with Crippen molar-refractivity contribution in [3.63, 3.8) is 0 Å². The number of pyridine rings is 1. The van der Waals surface area contributed by atoms with Crippen molar-refractivity contribution in [1.29, 1.82) is 0 Å². The second-order valence-electron chi connectivity index (χ2n) is 12.0. The number of benzene rings is 2. The van der Waals surface area contributed by atoms with Gasteiger partial charge in [0.1, 0.15) is 12.4 Å². The molecule has 9 heteroatoms. The third kappa shape index (κ3) is 7.17. The van der Waals surface area contributed by atoms with Crippen molar-refractivity contribution in [3.05, 3.63) is 60.4 Å². The van der Waals surface area contributed by atoms with E-state index in [9.17, 15) is 0 Å². The van der Waals surface area contributed by atoms with Gasteiger partial charge in [-0.2, -0.15) is 0 Å². The highest BCUT2D eigenvalue weighted by Crippen LogP contribution is 2.42. The van der Waals surface area contributed by atoms with E-state index in [1.165, 1.54) is 0 Å². The van der Waals surface area contributed by atoms with Crippen molar-refractivity contribution in [2.24, 2.45) is 0 Å². The summed E-state index contributed by atoms with van der Waals surface area (Å²) in [6.45, 7) is 12.0. The van der Waals surface area contributed by atoms with Gasteiger partial charge in [0.15, 0.2) is 11.5 Å². The molecule has 0 aliphatic carbocycles. The lowest BCUT2D eigenvalue weighted by Gasteiger charge is -2.42. The van der Waals surface area contributed by atoms with E-state index in [-0.39, 0.29) is 5.60 Å². The highest BCUT2D eigenvalue weighted by Gasteiger charge is 2.55. The van der Waals surface area contributed by atoms with Gasteiger partial charge >= 0.3 is 0 Å². The van der Waals surface area contributed by atoms with Crippen LogP contribution in [0.25, 0.3) is 11.1 Å². The Hall–Kier alpha value is -3.53. The lowest BCUT2D eigenvalue weighted by Crippen LogP contribution is -2.52. The molecule has 2 aliphatic rings. The zero-order chi connectivity index (χ0) is 30.6. The summed E-state index contributed by atoms with van der Waals surface area (Å²) in [7, 11) is 4.86. The number of epoxide rings is 1. The zero-order valence-electron chi connectivity index (χ0n) is 26.5. The Kier molecular flexibility index (Phi) is 9.34. The maximum absolute atomic E-state index is 6.33. The topological polar surface area (TPSA) is 78.1 Å². The van der Waals surface area contributed by atoms with Crippen molar-refractivity contribution in [1.82, 2.24) is 9.88 Å². The van der Waals surface area contributed by atoms with E-state index < -0.39 is 5.91 Å². The molecule has 0 amide bonds. The molecular formula is C34H45N3O6. The summed E-state index contributed by atoms with van der Waals surface area (Å²) in [6, 6.07) is 14.9. The van der Waals surface area contributed by atoms with Crippen LogP contribution >= 0.6 is 0 Å². The summed E-state index contributed by atoms with van der Waals surface area (Å²) < 4.78 is 34.6. The minimum absolute atomic E-state index is 0.266. The molecule has 43 heavy (non-hydrogen) atoms. The molecule has 5 rings (SSSR count). The Balaban J connectivity index is 1.40. The van der Waals surface area contributed by atoms with Gasteiger partial charge in [-0.05, 0) is 94.1 Å². The number of rotatable bonds is 12. The van der Waals surface area contributed by atoms with E-state index in [1.54, 1.807) is 21.3 Å². The highest BCUT2D eigenvalue weighted by molar-refractivity contribution is 5.71. The van der Waals surface area contributed by atoms with Gasteiger partial charge in [0.2, 0.25) is 5.75 Å². The number of methoxy groups -OCH3 is 3. The molecule has 0 radical (unpaired) electrons. The smallest absolute Gasteiger partial charge is 0.255 e. The Labute approximate surface area is 255 Å². The van der Waals surface area contributed by atoms with E-state index in [0.29, 0.717) is 43.0 Å². The summed E-state index contributed by atoms with van der Waals surface area (Å²) in [5, 5.41) is 0. The number of hydrogen-bond acceptors (Lipinski definition) is 9. The van der Waals surface area contributed by atoms with Crippen molar-refractivity contribution in [2.75, 3.05) is 52.5 Å². The van der Waals surface area contributed by atoms with Gasteiger partial charge < -0.3 is 33.3 Å². The maximum Gasteiger partial charge on any atom is 0.255 e. The average molecular weight is 592 g/mol. The largest absolute Gasteiger partial charge is 0.494 e. The Morgan fingerprint density at radius 3 is 2.12 bits per heavy atom. The fourth-order valence-corrected chi connectivity index (χ4v) is 5.87. The first-order chi connectivity index (χ1) is 20.7. The highest BCUT2D eigenvalue weighted by atomic mass is 16.8. The number of ether oxygens (including phenoxy) is 6. The van der Waals surface area contributed by atoms with Crippen LogP contribution in [-0.2, 0) is 16.0 Å². The molecule has 0 spiro atoms. The zero-order valence-corrected chi connectivity index (χ0v) is 26.5. The lowest BCUT2D eigenvalue weighted by atomic mass is 10.00. The molecule has 3 aromatic rings. The molecule has 1 aromatic heterocycles. The molecule has 0 bridgehead atoms. The minimum atomic E-state index is -0.577. The average Bonchev–Trinajstić information content (AvgIpc) is 3.79. The van der Waals surface area contributed by atoms with Crippen molar-refractivity contribution in [2.45, 2.75) is 64.6 Å². The number of hydrogen-bond donors (Lipinski definition) is 0. The number of aromatic nitrogens is 1. The third-order valence-electron chi connectivity index (χ3n) is 7.87. The monoisotopic (exact) mass is 591 g/mol. The summed E-state index contributed by atoms with van der Waals surface area (Å²) in [5.74, 6) is 2.08. The number of likely N-dealkylation sites (tertiary alicyclic amines) is 1. The van der Waals surface area contributed by atoms with E-state index >= 15 is 0 Å². The van der Waals surface area contributed by atoms with Gasteiger partial charge in [0, 0.05) is 49.3 Å². The predicted molar refractivity (Wildman–Crippen MR) is 167 cm³/mol. The van der Waals surface area contributed by atoms with Gasteiger partial charge in [-0.25, -0.2) is 0 Å². The fraction of sp³-hybridized carbons (Fsp3) is 0.500. The molecule has 9 nitrogen and oxygen atoms in total. The maximum atomic E-state index is 6.33. The molecule has 0 saturated carbocycles. The number of piperidine rings is 1. The Morgan fingerprint density at radius 2 is 1.58 bits per heavy atom. The second kappa shape index (κ2) is 13.0. The minimum Gasteiger partial charge on any atom is -0.494 e. The van der Waals surface area contributed by atoms with Gasteiger partial charge in [0.25, 0.3) is 5.91 Å². The lowest BCUT2D eigenvalue weighted by molar-refractivity contribution is -0.209. The van der Waals surface area contributed by atoms with Crippen LogP contribution in [0.2, 0.25) is 0 Å². The van der Waals surface area contributed by atoms with Crippen LogP contribution in [0.5, 0.6) is 23.0 Å². The van der Waals surface area contributed by atoms with Gasteiger partial charge in [-0.15, -0.1) is 0 Å². The first-order valence-corrected chi connectivity index (χ1v) is 15.0. The van der Waals surface area contributed by atoms with Crippen LogP contribution in [0, 0.1) is 0 Å². The second-order valence-corrected chi connectivity index (χ2v) is 12.0. The summed E-state index contributed by atoms with van der Waals surface area (Å²) >= 11 is 0. The number of anilines is 1. The summed E-state index contributed by atoms with van der Waals surface area (Å²) in [4.78, 5) is 9.48. The quantitative estimate of drug-likeness (QED) is 0.231. The molecule has 0 N–H and O–H groups in total.